The van der Waals surface area contributed by atoms with Gasteiger partial charge in [-0.05, 0) is 43.2 Å². The van der Waals surface area contributed by atoms with Crippen molar-refractivity contribution >= 4 is 12.1 Å². The van der Waals surface area contributed by atoms with Gasteiger partial charge >= 0.3 is 0 Å². The van der Waals surface area contributed by atoms with Crippen molar-refractivity contribution in [2.75, 3.05) is 27.9 Å². The van der Waals surface area contributed by atoms with Crippen LogP contribution in [0, 0.1) is 13.8 Å². The lowest BCUT2D eigenvalue weighted by atomic mass is 10.1. The SMILES string of the molecule is COc1cc(/C=N/NC(=O)COc2cccc(C)c2C)cc(OC)c1OC. The highest BCUT2D eigenvalue weighted by molar-refractivity contribution is 5.84. The van der Waals surface area contributed by atoms with Crippen LogP contribution >= 0.6 is 0 Å². The van der Waals surface area contributed by atoms with Crippen molar-refractivity contribution in [1.82, 2.24) is 5.43 Å². The molecule has 27 heavy (non-hydrogen) atoms. The Morgan fingerprint density at radius 3 is 2.30 bits per heavy atom. The van der Waals surface area contributed by atoms with E-state index in [1.54, 1.807) is 12.1 Å². The Labute approximate surface area is 158 Å². The molecule has 0 radical (unpaired) electrons. The summed E-state index contributed by atoms with van der Waals surface area (Å²) >= 11 is 0. The molecule has 0 aliphatic heterocycles. The van der Waals surface area contributed by atoms with Crippen LogP contribution < -0.4 is 24.4 Å². The molecule has 0 atom stereocenters. The largest absolute Gasteiger partial charge is 0.493 e. The van der Waals surface area contributed by atoms with Crippen molar-refractivity contribution in [2.45, 2.75) is 13.8 Å². The maximum absolute atomic E-state index is 11.9. The summed E-state index contributed by atoms with van der Waals surface area (Å²) < 4.78 is 21.4. The van der Waals surface area contributed by atoms with E-state index < -0.39 is 0 Å². The second kappa shape index (κ2) is 9.47. The van der Waals surface area contributed by atoms with Gasteiger partial charge in [0.1, 0.15) is 5.75 Å². The number of methoxy groups -OCH3 is 3. The van der Waals surface area contributed by atoms with Crippen molar-refractivity contribution in [3.8, 4) is 23.0 Å². The summed E-state index contributed by atoms with van der Waals surface area (Å²) in [6.07, 6.45) is 1.49. The van der Waals surface area contributed by atoms with Gasteiger partial charge in [0.05, 0.1) is 27.5 Å². The minimum absolute atomic E-state index is 0.128. The molecular weight excluding hydrogens is 348 g/mol. The smallest absolute Gasteiger partial charge is 0.277 e. The van der Waals surface area contributed by atoms with Crippen molar-refractivity contribution in [1.29, 1.82) is 0 Å². The molecule has 0 aliphatic carbocycles. The molecule has 0 saturated heterocycles. The number of hydrazone groups is 1. The van der Waals surface area contributed by atoms with Crippen molar-refractivity contribution in [3.63, 3.8) is 0 Å². The second-order valence-electron chi connectivity index (χ2n) is 5.74. The number of amides is 1. The van der Waals surface area contributed by atoms with Crippen LogP contribution in [0.1, 0.15) is 16.7 Å². The number of rotatable bonds is 8. The normalized spacial score (nSPS) is 10.6. The molecular formula is C20H24N2O5. The molecule has 7 heteroatoms. The van der Waals surface area contributed by atoms with Crippen LogP contribution in [0.3, 0.4) is 0 Å². The van der Waals surface area contributed by atoms with E-state index in [1.807, 2.05) is 32.0 Å². The third kappa shape index (κ3) is 5.13. The fourth-order valence-electron chi connectivity index (χ4n) is 2.41. The van der Waals surface area contributed by atoms with Crippen molar-refractivity contribution in [3.05, 3.63) is 47.0 Å². The van der Waals surface area contributed by atoms with Crippen LogP contribution in [0.25, 0.3) is 0 Å². The molecule has 2 aromatic carbocycles. The topological polar surface area (TPSA) is 78.4 Å². The standard InChI is InChI=1S/C20H24N2O5/c1-13-7-6-8-16(14(13)2)27-12-19(23)22-21-11-15-9-17(24-3)20(26-5)18(10-15)25-4/h6-11H,12H2,1-5H3,(H,22,23)/b21-11+. The van der Waals surface area contributed by atoms with Gasteiger partial charge in [-0.1, -0.05) is 12.1 Å². The average molecular weight is 372 g/mol. The van der Waals surface area contributed by atoms with E-state index in [-0.39, 0.29) is 12.5 Å². The van der Waals surface area contributed by atoms with Gasteiger partial charge in [0.25, 0.3) is 5.91 Å². The Balaban J connectivity index is 1.98. The number of carbonyl (C=O) groups excluding carboxylic acids is 1. The maximum atomic E-state index is 11.9. The summed E-state index contributed by atoms with van der Waals surface area (Å²) in [6, 6.07) is 9.16. The second-order valence-corrected chi connectivity index (χ2v) is 5.74. The van der Waals surface area contributed by atoms with E-state index in [0.717, 1.165) is 11.1 Å². The molecule has 144 valence electrons. The van der Waals surface area contributed by atoms with Crippen LogP contribution in [-0.2, 0) is 4.79 Å². The van der Waals surface area contributed by atoms with Gasteiger partial charge < -0.3 is 18.9 Å². The number of hydrogen-bond donors (Lipinski definition) is 1. The molecule has 0 unspecified atom stereocenters. The predicted octanol–water partition coefficient (Wildman–Crippen LogP) is 2.86. The molecule has 2 rings (SSSR count). The van der Waals surface area contributed by atoms with Gasteiger partial charge in [-0.2, -0.15) is 5.10 Å². The summed E-state index contributed by atoms with van der Waals surface area (Å²) in [5, 5.41) is 3.94. The summed E-state index contributed by atoms with van der Waals surface area (Å²) in [4.78, 5) is 11.9. The zero-order chi connectivity index (χ0) is 19.8. The van der Waals surface area contributed by atoms with Crippen LogP contribution in [0.15, 0.2) is 35.4 Å². The zero-order valence-electron chi connectivity index (χ0n) is 16.2. The number of aryl methyl sites for hydroxylation is 1. The predicted molar refractivity (Wildman–Crippen MR) is 103 cm³/mol. The number of carbonyl (C=O) groups is 1. The van der Waals surface area contributed by atoms with E-state index in [0.29, 0.717) is 28.6 Å². The van der Waals surface area contributed by atoms with Gasteiger partial charge in [-0.25, -0.2) is 5.43 Å². The molecule has 0 spiro atoms. The van der Waals surface area contributed by atoms with E-state index in [2.05, 4.69) is 10.5 Å². The quantitative estimate of drug-likeness (QED) is 0.569. The molecule has 0 bridgehead atoms. The van der Waals surface area contributed by atoms with Gasteiger partial charge in [0.15, 0.2) is 18.1 Å². The highest BCUT2D eigenvalue weighted by atomic mass is 16.5. The Morgan fingerprint density at radius 1 is 1.04 bits per heavy atom. The number of ether oxygens (including phenoxy) is 4. The van der Waals surface area contributed by atoms with Crippen LogP contribution in [0.4, 0.5) is 0 Å². The fourth-order valence-corrected chi connectivity index (χ4v) is 2.41. The van der Waals surface area contributed by atoms with E-state index in [9.17, 15) is 4.79 Å². The molecule has 1 amide bonds. The van der Waals surface area contributed by atoms with E-state index >= 15 is 0 Å². The highest BCUT2D eigenvalue weighted by Gasteiger charge is 2.12. The van der Waals surface area contributed by atoms with Crippen molar-refractivity contribution in [2.24, 2.45) is 5.10 Å². The highest BCUT2D eigenvalue weighted by Crippen LogP contribution is 2.37. The minimum atomic E-state index is -0.361. The van der Waals surface area contributed by atoms with Crippen LogP contribution in [0.5, 0.6) is 23.0 Å². The zero-order valence-corrected chi connectivity index (χ0v) is 16.2. The number of nitrogens with one attached hydrogen (secondary N) is 1. The molecule has 0 aliphatic rings. The van der Waals surface area contributed by atoms with E-state index in [1.165, 1.54) is 27.5 Å². The summed E-state index contributed by atoms with van der Waals surface area (Å²) in [7, 11) is 4.60. The first kappa shape index (κ1) is 20.1. The Morgan fingerprint density at radius 2 is 1.70 bits per heavy atom. The Kier molecular flexibility index (Phi) is 7.05. The summed E-state index contributed by atoms with van der Waals surface area (Å²) in [5.74, 6) is 1.81. The molecule has 7 nitrogen and oxygen atoms in total. The van der Waals surface area contributed by atoms with Crippen LogP contribution in [0.2, 0.25) is 0 Å². The first-order valence-electron chi connectivity index (χ1n) is 8.31. The van der Waals surface area contributed by atoms with Gasteiger partial charge in [-0.3, -0.25) is 4.79 Å². The number of benzene rings is 2. The van der Waals surface area contributed by atoms with E-state index in [4.69, 9.17) is 18.9 Å². The fraction of sp³-hybridized carbons (Fsp3) is 0.300. The lowest BCUT2D eigenvalue weighted by Crippen LogP contribution is -2.24. The third-order valence-electron chi connectivity index (χ3n) is 4.00. The van der Waals surface area contributed by atoms with Gasteiger partial charge in [0.2, 0.25) is 5.75 Å². The lowest BCUT2D eigenvalue weighted by Gasteiger charge is -2.12. The summed E-state index contributed by atoms with van der Waals surface area (Å²) in [6.45, 7) is 3.81. The van der Waals surface area contributed by atoms with Gasteiger partial charge in [0, 0.05) is 5.56 Å². The molecule has 0 fully saturated rings. The maximum Gasteiger partial charge on any atom is 0.277 e. The molecule has 0 saturated carbocycles. The lowest BCUT2D eigenvalue weighted by molar-refractivity contribution is -0.123. The molecule has 0 heterocycles. The third-order valence-corrected chi connectivity index (χ3v) is 4.00. The van der Waals surface area contributed by atoms with Gasteiger partial charge in [-0.15, -0.1) is 0 Å². The Hall–Kier alpha value is -3.22. The summed E-state index contributed by atoms with van der Waals surface area (Å²) in [5.41, 5.74) is 5.22. The van der Waals surface area contributed by atoms with Crippen LogP contribution in [-0.4, -0.2) is 40.1 Å². The molecule has 1 N–H and O–H groups in total. The molecule has 0 aromatic heterocycles. The number of hydrogen-bond acceptors (Lipinski definition) is 6. The first-order valence-corrected chi connectivity index (χ1v) is 8.31. The monoisotopic (exact) mass is 372 g/mol. The molecule has 2 aromatic rings. The van der Waals surface area contributed by atoms with Crippen molar-refractivity contribution < 1.29 is 23.7 Å². The minimum Gasteiger partial charge on any atom is -0.493 e. The Bertz CT molecular complexity index is 808. The number of nitrogens with zero attached hydrogens (tertiary/aromatic N) is 1. The first-order chi connectivity index (χ1) is 13.0. The average Bonchev–Trinajstić information content (AvgIpc) is 2.68.